The highest BCUT2D eigenvalue weighted by molar-refractivity contribution is 5.80. The van der Waals surface area contributed by atoms with Gasteiger partial charge in [-0.3, -0.25) is 4.79 Å². The molecule has 1 aliphatic carbocycles. The summed E-state index contributed by atoms with van der Waals surface area (Å²) in [5, 5.41) is 4.83. The van der Waals surface area contributed by atoms with Gasteiger partial charge < -0.3 is 20.3 Å². The van der Waals surface area contributed by atoms with Gasteiger partial charge in [0.2, 0.25) is 5.91 Å². The third-order valence-electron chi connectivity index (χ3n) is 7.62. The zero-order valence-electron chi connectivity index (χ0n) is 19.6. The molecule has 5 atom stereocenters. The van der Waals surface area contributed by atoms with Gasteiger partial charge in [-0.1, -0.05) is 0 Å². The number of rotatable bonds is 4. The van der Waals surface area contributed by atoms with Crippen LogP contribution >= 0.6 is 0 Å². The predicted octanol–water partition coefficient (Wildman–Crippen LogP) is 2.78. The second-order valence-corrected chi connectivity index (χ2v) is 9.95. The maximum atomic E-state index is 13.9. The summed E-state index contributed by atoms with van der Waals surface area (Å²) in [5.74, 6) is 0.752. The van der Waals surface area contributed by atoms with Gasteiger partial charge in [-0.2, -0.15) is 5.10 Å². The van der Waals surface area contributed by atoms with Gasteiger partial charge in [0.1, 0.15) is 12.0 Å². The molecule has 0 aromatic carbocycles. The van der Waals surface area contributed by atoms with E-state index in [1.165, 1.54) is 0 Å². The molecule has 2 saturated heterocycles. The van der Waals surface area contributed by atoms with E-state index in [1.54, 1.807) is 7.11 Å². The third-order valence-corrected chi connectivity index (χ3v) is 7.62. The number of alkyl halides is 1. The Labute approximate surface area is 194 Å². The number of carbonyl (C=O) groups excluding carboxylic acids is 1. The Kier molecular flexibility index (Phi) is 6.26. The van der Waals surface area contributed by atoms with Crippen LogP contribution in [0.15, 0.2) is 12.3 Å². The molecule has 0 spiro atoms. The van der Waals surface area contributed by atoms with E-state index in [0.717, 1.165) is 61.5 Å². The highest BCUT2D eigenvalue weighted by Gasteiger charge is 2.40. The van der Waals surface area contributed by atoms with Crippen molar-refractivity contribution in [2.45, 2.75) is 76.2 Å². The Bertz CT molecular complexity index is 1010. The van der Waals surface area contributed by atoms with Gasteiger partial charge in [0.05, 0.1) is 23.8 Å². The number of methoxy groups -OCH3 is 1. The molecule has 3 aliphatic rings. The summed E-state index contributed by atoms with van der Waals surface area (Å²) in [6.07, 6.45) is 5.91. The maximum Gasteiger partial charge on any atom is 0.228 e. The summed E-state index contributed by atoms with van der Waals surface area (Å²) < 4.78 is 21.3. The first kappa shape index (κ1) is 22.5. The number of piperidine rings is 1. The van der Waals surface area contributed by atoms with Crippen LogP contribution in [0.5, 0.6) is 0 Å². The highest BCUT2D eigenvalue weighted by Crippen LogP contribution is 2.36. The second kappa shape index (κ2) is 9.18. The number of nitrogens with zero attached hydrogens (tertiary/aromatic N) is 5. The molecule has 5 unspecified atom stereocenters. The molecule has 1 amide bonds. The molecule has 3 fully saturated rings. The van der Waals surface area contributed by atoms with Crippen molar-refractivity contribution in [2.24, 2.45) is 11.7 Å². The van der Waals surface area contributed by atoms with Gasteiger partial charge >= 0.3 is 0 Å². The van der Waals surface area contributed by atoms with Crippen molar-refractivity contribution in [3.05, 3.63) is 23.5 Å². The van der Waals surface area contributed by atoms with Gasteiger partial charge in [-0.15, -0.1) is 0 Å². The zero-order chi connectivity index (χ0) is 23.1. The van der Waals surface area contributed by atoms with E-state index < -0.39 is 6.17 Å². The molecule has 33 heavy (non-hydrogen) atoms. The first-order valence-electron chi connectivity index (χ1n) is 12.3. The van der Waals surface area contributed by atoms with Crippen LogP contribution in [0.4, 0.5) is 10.2 Å². The van der Waals surface area contributed by atoms with Gasteiger partial charge in [-0.25, -0.2) is 13.9 Å². The lowest BCUT2D eigenvalue weighted by Crippen LogP contribution is -2.47. The first-order chi connectivity index (χ1) is 15.9. The number of hydrogen-bond acceptors (Lipinski definition) is 6. The number of amides is 1. The number of carbonyl (C=O) groups is 1. The molecule has 1 saturated carbocycles. The fourth-order valence-corrected chi connectivity index (χ4v) is 5.82. The summed E-state index contributed by atoms with van der Waals surface area (Å²) in [4.78, 5) is 22.7. The normalized spacial score (nSPS) is 30.8. The number of aryl methyl sites for hydroxylation is 1. The van der Waals surface area contributed by atoms with Crippen molar-refractivity contribution >= 4 is 17.4 Å². The third kappa shape index (κ3) is 4.33. The minimum atomic E-state index is -0.886. The van der Waals surface area contributed by atoms with E-state index in [-0.39, 0.29) is 30.0 Å². The summed E-state index contributed by atoms with van der Waals surface area (Å²) in [6.45, 7) is 4.48. The number of hydrogen-bond donors (Lipinski definition) is 1. The smallest absolute Gasteiger partial charge is 0.228 e. The number of halogens is 1. The number of likely N-dealkylation sites (tertiary alicyclic amines) is 1. The molecule has 2 N–H and O–H groups in total. The molecule has 180 valence electrons. The van der Waals surface area contributed by atoms with E-state index in [1.807, 2.05) is 21.7 Å². The zero-order valence-corrected chi connectivity index (χ0v) is 19.6. The molecule has 0 bridgehead atoms. The molecule has 8 nitrogen and oxygen atoms in total. The van der Waals surface area contributed by atoms with Gasteiger partial charge in [0.15, 0.2) is 5.65 Å². The molecular formula is C24H35FN6O2. The van der Waals surface area contributed by atoms with Crippen LogP contribution in [0.3, 0.4) is 0 Å². The average molecular weight is 459 g/mol. The predicted molar refractivity (Wildman–Crippen MR) is 124 cm³/mol. The average Bonchev–Trinajstić information content (AvgIpc) is 3.43. The number of nitrogens with two attached hydrogens (primary N) is 1. The van der Waals surface area contributed by atoms with Crippen LogP contribution in [0.1, 0.15) is 62.2 Å². The van der Waals surface area contributed by atoms with Gasteiger partial charge in [0.25, 0.3) is 0 Å². The maximum absolute atomic E-state index is 13.9. The standard InChI is InChI=1S/C24H35FN6O2/c1-15-13-31-22(27-23(15)29-10-8-17(26)14-29)12-19(28-31)20-5-3-4-9-30(20)24(32)18-7-6-16(25)11-21(18)33-2/h12-13,16-18,20-21H,3-11,14,26H2,1-2H3. The Morgan fingerprint density at radius 3 is 2.82 bits per heavy atom. The second-order valence-electron chi connectivity index (χ2n) is 9.95. The molecule has 0 radical (unpaired) electrons. The molecule has 4 heterocycles. The highest BCUT2D eigenvalue weighted by atomic mass is 19.1. The SMILES string of the molecule is COC1CC(F)CCC1C(=O)N1CCCCC1c1cc2nc(N3CCC(N)C3)c(C)cn2n1. The number of aromatic nitrogens is 3. The van der Waals surface area contributed by atoms with Crippen molar-refractivity contribution in [3.63, 3.8) is 0 Å². The summed E-state index contributed by atoms with van der Waals surface area (Å²) in [7, 11) is 1.58. The van der Waals surface area contributed by atoms with Crippen LogP contribution in [-0.4, -0.2) is 70.5 Å². The number of fused-ring (bicyclic) bond motifs is 1. The number of anilines is 1. The van der Waals surface area contributed by atoms with Crippen LogP contribution in [0.25, 0.3) is 5.65 Å². The molecule has 9 heteroatoms. The van der Waals surface area contributed by atoms with E-state index in [2.05, 4.69) is 11.8 Å². The molecule has 2 aromatic rings. The fourth-order valence-electron chi connectivity index (χ4n) is 5.82. The minimum absolute atomic E-state index is 0.0754. The van der Waals surface area contributed by atoms with Crippen LogP contribution in [0, 0.1) is 12.8 Å². The van der Waals surface area contributed by atoms with E-state index in [0.29, 0.717) is 25.8 Å². The van der Waals surface area contributed by atoms with E-state index in [9.17, 15) is 9.18 Å². The summed E-state index contributed by atoms with van der Waals surface area (Å²) >= 11 is 0. The largest absolute Gasteiger partial charge is 0.381 e. The molecule has 2 aromatic heterocycles. The van der Waals surface area contributed by atoms with Gasteiger partial charge in [0, 0.05) is 57.0 Å². The lowest BCUT2D eigenvalue weighted by Gasteiger charge is -2.40. The quantitative estimate of drug-likeness (QED) is 0.758. The topological polar surface area (TPSA) is 89.0 Å². The van der Waals surface area contributed by atoms with E-state index in [4.69, 9.17) is 20.6 Å². The summed E-state index contributed by atoms with van der Waals surface area (Å²) in [5.41, 5.74) is 8.83. The van der Waals surface area contributed by atoms with Crippen molar-refractivity contribution in [3.8, 4) is 0 Å². The fraction of sp³-hybridized carbons (Fsp3) is 0.708. The Hall–Kier alpha value is -2.26. The van der Waals surface area contributed by atoms with Crippen LogP contribution < -0.4 is 10.6 Å². The van der Waals surface area contributed by atoms with Crippen LogP contribution in [0.2, 0.25) is 0 Å². The lowest BCUT2D eigenvalue weighted by molar-refractivity contribution is -0.147. The van der Waals surface area contributed by atoms with Crippen molar-refractivity contribution in [2.75, 3.05) is 31.6 Å². The Balaban J connectivity index is 1.41. The number of ether oxygens (including phenoxy) is 1. The van der Waals surface area contributed by atoms with E-state index >= 15 is 0 Å². The Morgan fingerprint density at radius 2 is 2.06 bits per heavy atom. The van der Waals surface area contributed by atoms with Gasteiger partial charge in [-0.05, 0) is 45.4 Å². The summed E-state index contributed by atoms with van der Waals surface area (Å²) in [6, 6.07) is 2.12. The molecule has 2 aliphatic heterocycles. The van der Waals surface area contributed by atoms with Crippen molar-refractivity contribution in [1.29, 1.82) is 0 Å². The van der Waals surface area contributed by atoms with Crippen LogP contribution in [-0.2, 0) is 9.53 Å². The van der Waals surface area contributed by atoms with Crippen molar-refractivity contribution < 1.29 is 13.9 Å². The monoisotopic (exact) mass is 458 g/mol. The Morgan fingerprint density at radius 1 is 1.21 bits per heavy atom. The molecule has 5 rings (SSSR count). The molecular weight excluding hydrogens is 423 g/mol. The van der Waals surface area contributed by atoms with Crippen molar-refractivity contribution in [1.82, 2.24) is 19.5 Å². The first-order valence-corrected chi connectivity index (χ1v) is 12.3. The minimum Gasteiger partial charge on any atom is -0.381 e. The lowest BCUT2D eigenvalue weighted by atomic mass is 9.83.